The summed E-state index contributed by atoms with van der Waals surface area (Å²) in [5, 5.41) is 12.7. The normalized spacial score (nSPS) is 32.5. The molecule has 2 fully saturated rings. The summed E-state index contributed by atoms with van der Waals surface area (Å²) in [6.45, 7) is 2.04. The van der Waals surface area contributed by atoms with Crippen molar-refractivity contribution < 1.29 is 19.4 Å². The molecule has 0 aromatic rings. The highest BCUT2D eigenvalue weighted by molar-refractivity contribution is 5.87. The molecule has 2 heterocycles. The van der Waals surface area contributed by atoms with Crippen molar-refractivity contribution in [1.29, 1.82) is 0 Å². The van der Waals surface area contributed by atoms with Crippen molar-refractivity contribution in [3.05, 3.63) is 0 Å². The molecule has 102 valence electrons. The zero-order valence-electron chi connectivity index (χ0n) is 10.2. The molecule has 18 heavy (non-hydrogen) atoms. The number of nitrogens with zero attached hydrogens (tertiary/aromatic N) is 1. The van der Waals surface area contributed by atoms with Gasteiger partial charge in [0.25, 0.3) is 0 Å². The van der Waals surface area contributed by atoms with Crippen molar-refractivity contribution in [3.8, 4) is 0 Å². The van der Waals surface area contributed by atoms with Gasteiger partial charge in [-0.05, 0) is 0 Å². The summed E-state index contributed by atoms with van der Waals surface area (Å²) in [6.07, 6.45) is -0.173. The summed E-state index contributed by atoms with van der Waals surface area (Å²) < 4.78 is 5.27. The number of hydrogen-bond donors (Lipinski definition) is 3. The van der Waals surface area contributed by atoms with E-state index in [0.717, 1.165) is 6.54 Å². The molecule has 0 spiro atoms. The van der Waals surface area contributed by atoms with Crippen molar-refractivity contribution in [3.63, 3.8) is 0 Å². The molecular formula is C11H19N3O4. The number of aliphatic hydroxyl groups is 1. The Morgan fingerprint density at radius 3 is 2.89 bits per heavy atom. The highest BCUT2D eigenvalue weighted by Crippen LogP contribution is 2.19. The maximum Gasteiger partial charge on any atom is 0.240 e. The summed E-state index contributed by atoms with van der Waals surface area (Å²) in [5.41, 5.74) is 5.24. The molecule has 2 aliphatic rings. The molecule has 0 aromatic carbocycles. The van der Waals surface area contributed by atoms with Crippen LogP contribution in [0.5, 0.6) is 0 Å². The van der Waals surface area contributed by atoms with Crippen LogP contribution in [-0.4, -0.2) is 66.3 Å². The number of likely N-dealkylation sites (tertiary alicyclic amines) is 1. The molecule has 0 aliphatic carbocycles. The van der Waals surface area contributed by atoms with Gasteiger partial charge in [0.1, 0.15) is 6.04 Å². The zero-order chi connectivity index (χ0) is 13.1. The highest BCUT2D eigenvalue weighted by atomic mass is 16.5. The molecule has 2 saturated heterocycles. The molecule has 0 bridgehead atoms. The minimum atomic E-state index is -0.683. The van der Waals surface area contributed by atoms with Crippen LogP contribution in [0.25, 0.3) is 0 Å². The second kappa shape index (κ2) is 5.64. The van der Waals surface area contributed by atoms with Crippen LogP contribution >= 0.6 is 0 Å². The van der Waals surface area contributed by atoms with Gasteiger partial charge in [0.05, 0.1) is 19.3 Å². The SMILES string of the molecule is NC(=O)C1CC(O)CN1C(=O)CC1COCCN1. The second-order valence-electron chi connectivity index (χ2n) is 4.78. The van der Waals surface area contributed by atoms with Gasteiger partial charge in [0, 0.05) is 32.0 Å². The molecule has 0 aromatic heterocycles. The van der Waals surface area contributed by atoms with Gasteiger partial charge in [0.15, 0.2) is 0 Å². The van der Waals surface area contributed by atoms with Crippen molar-refractivity contribution in [1.82, 2.24) is 10.2 Å². The van der Waals surface area contributed by atoms with E-state index in [1.165, 1.54) is 4.90 Å². The Balaban J connectivity index is 1.92. The van der Waals surface area contributed by atoms with E-state index in [1.54, 1.807) is 0 Å². The highest BCUT2D eigenvalue weighted by Gasteiger charge is 2.38. The smallest absolute Gasteiger partial charge is 0.240 e. The van der Waals surface area contributed by atoms with Crippen LogP contribution in [-0.2, 0) is 14.3 Å². The third-order valence-electron chi connectivity index (χ3n) is 3.35. The molecule has 4 N–H and O–H groups in total. The number of carbonyl (C=O) groups is 2. The van der Waals surface area contributed by atoms with E-state index in [0.29, 0.717) is 13.2 Å². The predicted octanol–water partition coefficient (Wildman–Crippen LogP) is -2.19. The second-order valence-corrected chi connectivity index (χ2v) is 4.78. The summed E-state index contributed by atoms with van der Waals surface area (Å²) in [4.78, 5) is 24.7. The minimum Gasteiger partial charge on any atom is -0.391 e. The van der Waals surface area contributed by atoms with E-state index >= 15 is 0 Å². The number of nitrogens with one attached hydrogen (secondary N) is 1. The lowest BCUT2D eigenvalue weighted by atomic mass is 10.1. The van der Waals surface area contributed by atoms with Crippen LogP contribution in [0.4, 0.5) is 0 Å². The van der Waals surface area contributed by atoms with Crippen molar-refractivity contribution in [2.24, 2.45) is 5.73 Å². The van der Waals surface area contributed by atoms with Gasteiger partial charge in [-0.25, -0.2) is 0 Å². The van der Waals surface area contributed by atoms with Crippen LogP contribution in [0.3, 0.4) is 0 Å². The van der Waals surface area contributed by atoms with E-state index in [9.17, 15) is 14.7 Å². The summed E-state index contributed by atoms with van der Waals surface area (Å²) in [7, 11) is 0. The molecule has 3 unspecified atom stereocenters. The number of carbonyl (C=O) groups excluding carboxylic acids is 2. The van der Waals surface area contributed by atoms with E-state index < -0.39 is 18.1 Å². The molecule has 0 saturated carbocycles. The summed E-state index contributed by atoms with van der Waals surface area (Å²) in [5.74, 6) is -0.730. The first kappa shape index (κ1) is 13.3. The fourth-order valence-corrected chi connectivity index (χ4v) is 2.44. The fourth-order valence-electron chi connectivity index (χ4n) is 2.44. The predicted molar refractivity (Wildman–Crippen MR) is 62.5 cm³/mol. The zero-order valence-corrected chi connectivity index (χ0v) is 10.2. The average Bonchev–Trinajstić information content (AvgIpc) is 2.73. The number of nitrogens with two attached hydrogens (primary N) is 1. The Morgan fingerprint density at radius 2 is 2.28 bits per heavy atom. The number of β-amino-alcohol motifs (C(OH)–C–C–N with tert-alkyl or cyclic N) is 1. The van der Waals surface area contributed by atoms with Gasteiger partial charge in [0.2, 0.25) is 11.8 Å². The maximum atomic E-state index is 12.1. The van der Waals surface area contributed by atoms with Crippen LogP contribution in [0.15, 0.2) is 0 Å². The van der Waals surface area contributed by atoms with Crippen LogP contribution in [0, 0.1) is 0 Å². The molecule has 7 nitrogen and oxygen atoms in total. The molecule has 2 rings (SSSR count). The van der Waals surface area contributed by atoms with Crippen molar-refractivity contribution in [2.45, 2.75) is 31.0 Å². The lowest BCUT2D eigenvalue weighted by molar-refractivity contribution is -0.138. The number of aliphatic hydroxyl groups excluding tert-OH is 1. The quantitative estimate of drug-likeness (QED) is 0.533. The van der Waals surface area contributed by atoms with E-state index in [1.807, 2.05) is 0 Å². The first-order chi connectivity index (χ1) is 8.58. The number of ether oxygens (including phenoxy) is 1. The van der Waals surface area contributed by atoms with Gasteiger partial charge < -0.3 is 25.8 Å². The number of primary amides is 1. The largest absolute Gasteiger partial charge is 0.391 e. The number of morpholine rings is 1. The van der Waals surface area contributed by atoms with E-state index in [4.69, 9.17) is 10.5 Å². The van der Waals surface area contributed by atoms with Gasteiger partial charge in [-0.3, -0.25) is 9.59 Å². The standard InChI is InChI=1S/C11H19N3O4/c12-11(17)9-4-8(15)5-14(9)10(16)3-7-6-18-2-1-13-7/h7-9,13,15H,1-6H2,(H2,12,17). The van der Waals surface area contributed by atoms with E-state index in [-0.39, 0.29) is 31.3 Å². The molecule has 3 atom stereocenters. The Kier molecular flexibility index (Phi) is 4.15. The van der Waals surface area contributed by atoms with E-state index in [2.05, 4.69) is 5.32 Å². The first-order valence-corrected chi connectivity index (χ1v) is 6.16. The Labute approximate surface area is 105 Å². The molecule has 2 aliphatic heterocycles. The third kappa shape index (κ3) is 2.98. The average molecular weight is 257 g/mol. The van der Waals surface area contributed by atoms with Crippen molar-refractivity contribution >= 4 is 11.8 Å². The minimum absolute atomic E-state index is 0.0301. The van der Waals surface area contributed by atoms with Crippen LogP contribution in [0.1, 0.15) is 12.8 Å². The van der Waals surface area contributed by atoms with Crippen LogP contribution < -0.4 is 11.1 Å². The molecular weight excluding hydrogens is 238 g/mol. The summed E-state index contributed by atoms with van der Waals surface area (Å²) >= 11 is 0. The first-order valence-electron chi connectivity index (χ1n) is 6.16. The fraction of sp³-hybridized carbons (Fsp3) is 0.818. The molecule has 2 amide bonds. The molecule has 7 heteroatoms. The van der Waals surface area contributed by atoms with Gasteiger partial charge in [-0.15, -0.1) is 0 Å². The Hall–Kier alpha value is -1.18. The Bertz CT molecular complexity index is 330. The number of rotatable bonds is 3. The molecule has 0 radical (unpaired) electrons. The Morgan fingerprint density at radius 1 is 1.50 bits per heavy atom. The topological polar surface area (TPSA) is 105 Å². The van der Waals surface area contributed by atoms with Crippen LogP contribution in [0.2, 0.25) is 0 Å². The monoisotopic (exact) mass is 257 g/mol. The third-order valence-corrected chi connectivity index (χ3v) is 3.35. The number of hydrogen-bond acceptors (Lipinski definition) is 5. The number of amides is 2. The van der Waals surface area contributed by atoms with Gasteiger partial charge in [-0.2, -0.15) is 0 Å². The van der Waals surface area contributed by atoms with Gasteiger partial charge in [-0.1, -0.05) is 0 Å². The summed E-state index contributed by atoms with van der Waals surface area (Å²) in [6, 6.07) is -0.713. The van der Waals surface area contributed by atoms with Crippen molar-refractivity contribution in [2.75, 3.05) is 26.3 Å². The lowest BCUT2D eigenvalue weighted by Gasteiger charge is -2.27. The van der Waals surface area contributed by atoms with Gasteiger partial charge >= 0.3 is 0 Å². The maximum absolute atomic E-state index is 12.1. The lowest BCUT2D eigenvalue weighted by Crippen LogP contribution is -2.48.